The first-order valence-electron chi connectivity index (χ1n) is 10.3. The van der Waals surface area contributed by atoms with Gasteiger partial charge in [0.25, 0.3) is 0 Å². The maximum atomic E-state index is 13.5. The molecule has 0 aromatic heterocycles. The van der Waals surface area contributed by atoms with Gasteiger partial charge in [-0.15, -0.1) is 0 Å². The van der Waals surface area contributed by atoms with Crippen molar-refractivity contribution in [1.29, 1.82) is 0 Å². The van der Waals surface area contributed by atoms with Crippen LogP contribution >= 0.6 is 11.8 Å². The van der Waals surface area contributed by atoms with E-state index in [2.05, 4.69) is 4.90 Å². The van der Waals surface area contributed by atoms with Gasteiger partial charge in [0.15, 0.2) is 0 Å². The zero-order chi connectivity index (χ0) is 23.0. The fourth-order valence-corrected chi connectivity index (χ4v) is 5.75. The summed E-state index contributed by atoms with van der Waals surface area (Å²) in [6.45, 7) is 3.33. The van der Waals surface area contributed by atoms with Gasteiger partial charge in [0, 0.05) is 31.9 Å². The Labute approximate surface area is 193 Å². The van der Waals surface area contributed by atoms with Crippen LogP contribution in [0.1, 0.15) is 0 Å². The largest absolute Gasteiger partial charge is 0.457 e. The summed E-state index contributed by atoms with van der Waals surface area (Å²) in [5.41, 5.74) is 5.61. The predicted octanol–water partition coefficient (Wildman–Crippen LogP) is 2.02. The molecule has 0 radical (unpaired) electrons. The van der Waals surface area contributed by atoms with Gasteiger partial charge >= 0.3 is 0 Å². The number of ether oxygens (including phenoxy) is 2. The van der Waals surface area contributed by atoms with Gasteiger partial charge in [-0.3, -0.25) is 9.69 Å². The maximum Gasteiger partial charge on any atom is 0.243 e. The van der Waals surface area contributed by atoms with Gasteiger partial charge in [0.2, 0.25) is 15.9 Å². The van der Waals surface area contributed by atoms with Crippen LogP contribution in [-0.2, 0) is 19.6 Å². The molecule has 0 spiro atoms. The lowest BCUT2D eigenvalue weighted by molar-refractivity contribution is -0.121. The van der Waals surface area contributed by atoms with Crippen molar-refractivity contribution >= 4 is 27.7 Å². The second-order valence-corrected chi connectivity index (χ2v) is 10.1. The van der Waals surface area contributed by atoms with Crippen molar-refractivity contribution in [3.8, 4) is 11.5 Å². The van der Waals surface area contributed by atoms with Crippen LogP contribution in [-0.4, -0.2) is 81.0 Å². The third kappa shape index (κ3) is 6.46. The Morgan fingerprint density at radius 1 is 1.12 bits per heavy atom. The lowest BCUT2D eigenvalue weighted by Gasteiger charge is -2.32. The molecule has 2 aromatic carbocycles. The van der Waals surface area contributed by atoms with Crippen LogP contribution in [0.15, 0.2) is 59.5 Å². The van der Waals surface area contributed by atoms with Crippen molar-refractivity contribution in [2.24, 2.45) is 5.73 Å². The third-order valence-electron chi connectivity index (χ3n) is 5.15. The van der Waals surface area contributed by atoms with E-state index in [0.717, 1.165) is 13.1 Å². The summed E-state index contributed by atoms with van der Waals surface area (Å²) in [7, 11) is -3.95. The Bertz CT molecular complexity index is 965. The molecular weight excluding hydrogens is 450 g/mol. The lowest BCUT2D eigenvalue weighted by Crippen LogP contribution is -2.52. The number of morpholine rings is 1. The van der Waals surface area contributed by atoms with Crippen LogP contribution in [0.2, 0.25) is 0 Å². The molecule has 0 saturated carbocycles. The second kappa shape index (κ2) is 11.7. The molecule has 1 aliphatic heterocycles. The van der Waals surface area contributed by atoms with E-state index in [1.807, 2.05) is 36.6 Å². The molecule has 1 atom stereocenters. The minimum absolute atomic E-state index is 0.0900. The van der Waals surface area contributed by atoms with Crippen LogP contribution in [0.25, 0.3) is 0 Å². The van der Waals surface area contributed by atoms with E-state index in [4.69, 9.17) is 15.2 Å². The lowest BCUT2D eigenvalue weighted by atomic mass is 10.3. The SMILES string of the molecule is CSCC(C(N)=O)N(CCN1CCOCC1)S(=O)(=O)c1ccc(Oc2ccccc2)cc1. The Hall–Kier alpha value is -2.11. The van der Waals surface area contributed by atoms with Gasteiger partial charge in [-0.25, -0.2) is 8.42 Å². The highest BCUT2D eigenvalue weighted by atomic mass is 32.2. The number of thioether (sulfide) groups is 1. The van der Waals surface area contributed by atoms with Crippen molar-refractivity contribution in [2.45, 2.75) is 10.9 Å². The Morgan fingerprint density at radius 2 is 1.75 bits per heavy atom. The zero-order valence-electron chi connectivity index (χ0n) is 18.1. The first kappa shape index (κ1) is 24.5. The smallest absolute Gasteiger partial charge is 0.243 e. The number of rotatable bonds is 11. The standard InChI is InChI=1S/C22H29N3O5S2/c1-31-17-21(22(23)26)25(12-11-24-13-15-29-16-14-24)32(27,28)20-9-7-19(8-10-20)30-18-5-3-2-4-6-18/h2-10,21H,11-17H2,1H3,(H2,23,26). The molecular formula is C22H29N3O5S2. The first-order valence-corrected chi connectivity index (χ1v) is 13.2. The minimum Gasteiger partial charge on any atom is -0.457 e. The van der Waals surface area contributed by atoms with E-state index in [9.17, 15) is 13.2 Å². The Kier molecular flexibility index (Phi) is 8.94. The van der Waals surface area contributed by atoms with Gasteiger partial charge in [-0.1, -0.05) is 18.2 Å². The number of carbonyl (C=O) groups is 1. The maximum absolute atomic E-state index is 13.5. The van der Waals surface area contributed by atoms with Crippen molar-refractivity contribution < 1.29 is 22.7 Å². The molecule has 0 bridgehead atoms. The molecule has 1 aliphatic rings. The average molecular weight is 480 g/mol. The second-order valence-electron chi connectivity index (χ2n) is 7.33. The highest BCUT2D eigenvalue weighted by Gasteiger charge is 2.35. The number of hydrogen-bond donors (Lipinski definition) is 1. The molecule has 1 fully saturated rings. The topological polar surface area (TPSA) is 102 Å². The average Bonchev–Trinajstić information content (AvgIpc) is 2.80. The van der Waals surface area contributed by atoms with Crippen molar-refractivity contribution in [2.75, 3.05) is 51.4 Å². The number of sulfonamides is 1. The summed E-state index contributed by atoms with van der Waals surface area (Å²) in [5, 5.41) is 0. The molecule has 1 saturated heterocycles. The third-order valence-corrected chi connectivity index (χ3v) is 7.72. The molecule has 174 valence electrons. The molecule has 2 N–H and O–H groups in total. The van der Waals surface area contributed by atoms with E-state index in [0.29, 0.717) is 31.3 Å². The van der Waals surface area contributed by atoms with E-state index in [1.54, 1.807) is 12.1 Å². The Balaban J connectivity index is 1.81. The molecule has 8 nitrogen and oxygen atoms in total. The molecule has 1 unspecified atom stereocenters. The number of para-hydroxylation sites is 1. The normalized spacial score (nSPS) is 16.1. The molecule has 0 aliphatic carbocycles. The van der Waals surface area contributed by atoms with E-state index >= 15 is 0 Å². The predicted molar refractivity (Wildman–Crippen MR) is 125 cm³/mol. The highest BCUT2D eigenvalue weighted by molar-refractivity contribution is 7.98. The number of hydrogen-bond acceptors (Lipinski definition) is 7. The molecule has 1 amide bonds. The van der Waals surface area contributed by atoms with Gasteiger partial charge in [0.1, 0.15) is 17.5 Å². The molecule has 2 aromatic rings. The van der Waals surface area contributed by atoms with E-state index in [-0.39, 0.29) is 17.2 Å². The first-order chi connectivity index (χ1) is 15.4. The van der Waals surface area contributed by atoms with Crippen molar-refractivity contribution in [3.05, 3.63) is 54.6 Å². The number of nitrogens with zero attached hydrogens (tertiary/aromatic N) is 2. The summed E-state index contributed by atoms with van der Waals surface area (Å²) in [6, 6.07) is 14.5. The van der Waals surface area contributed by atoms with Crippen LogP contribution in [0.3, 0.4) is 0 Å². The van der Waals surface area contributed by atoms with Gasteiger partial charge < -0.3 is 15.2 Å². The fourth-order valence-electron chi connectivity index (χ4n) is 3.41. The minimum atomic E-state index is -3.95. The fraction of sp³-hybridized carbons (Fsp3) is 0.409. The van der Waals surface area contributed by atoms with E-state index in [1.165, 1.54) is 28.2 Å². The van der Waals surface area contributed by atoms with Crippen molar-refractivity contribution in [3.63, 3.8) is 0 Å². The van der Waals surface area contributed by atoms with Gasteiger partial charge in [-0.2, -0.15) is 16.1 Å². The quantitative estimate of drug-likeness (QED) is 0.526. The number of benzene rings is 2. The van der Waals surface area contributed by atoms with Gasteiger partial charge in [0.05, 0.1) is 18.1 Å². The van der Waals surface area contributed by atoms with Crippen LogP contribution in [0.4, 0.5) is 0 Å². The van der Waals surface area contributed by atoms with Crippen molar-refractivity contribution in [1.82, 2.24) is 9.21 Å². The molecule has 1 heterocycles. The summed E-state index contributed by atoms with van der Waals surface area (Å²) in [5.74, 6) is 0.802. The van der Waals surface area contributed by atoms with Crippen LogP contribution < -0.4 is 10.5 Å². The van der Waals surface area contributed by atoms with Crippen LogP contribution in [0, 0.1) is 0 Å². The molecule has 32 heavy (non-hydrogen) atoms. The number of nitrogens with two attached hydrogens (primary N) is 1. The monoisotopic (exact) mass is 479 g/mol. The number of amides is 1. The molecule has 3 rings (SSSR count). The Morgan fingerprint density at radius 3 is 2.34 bits per heavy atom. The summed E-state index contributed by atoms with van der Waals surface area (Å²) < 4.78 is 39.4. The van der Waals surface area contributed by atoms with E-state index < -0.39 is 22.0 Å². The van der Waals surface area contributed by atoms with Crippen LogP contribution in [0.5, 0.6) is 11.5 Å². The summed E-state index contributed by atoms with van der Waals surface area (Å²) >= 11 is 1.38. The zero-order valence-corrected chi connectivity index (χ0v) is 19.7. The van der Waals surface area contributed by atoms with Gasteiger partial charge in [-0.05, 0) is 42.7 Å². The summed E-state index contributed by atoms with van der Waals surface area (Å²) in [6.07, 6.45) is 1.82. The molecule has 10 heteroatoms. The number of primary amides is 1. The number of carbonyl (C=O) groups excluding carboxylic acids is 1. The summed E-state index contributed by atoms with van der Waals surface area (Å²) in [4.78, 5) is 14.4. The highest BCUT2D eigenvalue weighted by Crippen LogP contribution is 2.25.